The van der Waals surface area contributed by atoms with Gasteiger partial charge in [0.2, 0.25) is 0 Å². The van der Waals surface area contributed by atoms with E-state index in [1.54, 1.807) is 11.8 Å². The highest BCUT2D eigenvalue weighted by Gasteiger charge is 2.10. The number of rotatable bonds is 7. The summed E-state index contributed by atoms with van der Waals surface area (Å²) in [6.07, 6.45) is 1.48. The van der Waals surface area contributed by atoms with Crippen molar-refractivity contribution in [1.29, 1.82) is 0 Å². The van der Waals surface area contributed by atoms with Crippen molar-refractivity contribution in [2.75, 3.05) is 11.9 Å². The van der Waals surface area contributed by atoms with Gasteiger partial charge in [-0.2, -0.15) is 11.8 Å². The summed E-state index contributed by atoms with van der Waals surface area (Å²) < 4.78 is 10.6. The van der Waals surface area contributed by atoms with Crippen molar-refractivity contribution in [1.82, 2.24) is 0 Å². The van der Waals surface area contributed by atoms with Gasteiger partial charge in [0.05, 0.1) is 0 Å². The highest BCUT2D eigenvalue weighted by atomic mass is 32.2. The molecule has 0 aliphatic rings. The third kappa shape index (κ3) is 7.07. The van der Waals surface area contributed by atoms with Crippen LogP contribution in [0.4, 0.5) is 0 Å². The van der Waals surface area contributed by atoms with Crippen LogP contribution in [0.2, 0.25) is 0 Å². The van der Waals surface area contributed by atoms with Crippen molar-refractivity contribution < 1.29 is 14.4 Å². The van der Waals surface area contributed by atoms with Crippen LogP contribution in [0.5, 0.6) is 0 Å². The zero-order chi connectivity index (χ0) is 11.9. The molecule has 1 aromatic carbocycles. The van der Waals surface area contributed by atoms with E-state index >= 15 is 0 Å². The third-order valence-corrected chi connectivity index (χ3v) is 4.11. The third-order valence-electron chi connectivity index (χ3n) is 2.10. The summed E-state index contributed by atoms with van der Waals surface area (Å²) in [6, 6.07) is 10.2. The van der Waals surface area contributed by atoms with Crippen LogP contribution in [0.15, 0.2) is 30.3 Å². The number of benzene rings is 1. The Balaban J connectivity index is 2.03. The van der Waals surface area contributed by atoms with Crippen LogP contribution in [0, 0.1) is 0 Å². The molecule has 0 fully saturated rings. The van der Waals surface area contributed by atoms with Gasteiger partial charge in [0.1, 0.15) is 0 Å². The molecule has 0 saturated carbocycles. The van der Waals surface area contributed by atoms with E-state index in [1.165, 1.54) is 5.56 Å². The van der Waals surface area contributed by atoms with Crippen LogP contribution in [0.3, 0.4) is 0 Å². The number of unbranched alkanes of at least 4 members (excludes halogenated alkanes) is 1. The Morgan fingerprint density at radius 3 is 2.44 bits per heavy atom. The zero-order valence-corrected chi connectivity index (χ0v) is 10.8. The van der Waals surface area contributed by atoms with Gasteiger partial charge in [0, 0.05) is 11.9 Å². The van der Waals surface area contributed by atoms with E-state index in [-0.39, 0.29) is 6.16 Å². The predicted octanol–water partition coefficient (Wildman–Crippen LogP) is 2.88. The molecule has 3 nitrogen and oxygen atoms in total. The average Bonchev–Trinajstić information content (AvgIpc) is 2.23. The van der Waals surface area contributed by atoms with Gasteiger partial charge in [-0.05, 0) is 24.2 Å². The SMILES string of the molecule is O=P(O)(O)CCCCSCc1ccccc1. The maximum atomic E-state index is 10.6. The van der Waals surface area contributed by atoms with E-state index in [4.69, 9.17) is 9.79 Å². The van der Waals surface area contributed by atoms with E-state index in [2.05, 4.69) is 12.1 Å². The fourth-order valence-corrected chi connectivity index (χ4v) is 2.90. The first kappa shape index (κ1) is 13.8. The van der Waals surface area contributed by atoms with Gasteiger partial charge < -0.3 is 9.79 Å². The fourth-order valence-electron chi connectivity index (χ4n) is 1.29. The lowest BCUT2D eigenvalue weighted by molar-refractivity contribution is 0.371. The van der Waals surface area contributed by atoms with Crippen molar-refractivity contribution in [2.24, 2.45) is 0 Å². The molecular weight excluding hydrogens is 243 g/mol. The lowest BCUT2D eigenvalue weighted by atomic mass is 10.2. The van der Waals surface area contributed by atoms with Crippen molar-refractivity contribution >= 4 is 19.4 Å². The minimum absolute atomic E-state index is 0.0128. The topological polar surface area (TPSA) is 57.5 Å². The van der Waals surface area contributed by atoms with Crippen LogP contribution in [0.1, 0.15) is 18.4 Å². The quantitative estimate of drug-likeness (QED) is 0.584. The molecule has 0 radical (unpaired) electrons. The maximum absolute atomic E-state index is 10.6. The highest BCUT2D eigenvalue weighted by molar-refractivity contribution is 7.98. The lowest BCUT2D eigenvalue weighted by Crippen LogP contribution is -1.90. The molecular formula is C11H17O3PS. The first-order chi connectivity index (χ1) is 7.58. The predicted molar refractivity (Wildman–Crippen MR) is 68.7 cm³/mol. The van der Waals surface area contributed by atoms with Crippen LogP contribution >= 0.6 is 19.4 Å². The van der Waals surface area contributed by atoms with Crippen LogP contribution < -0.4 is 0 Å². The Morgan fingerprint density at radius 1 is 1.12 bits per heavy atom. The summed E-state index contributed by atoms with van der Waals surface area (Å²) in [6.45, 7) is 0. The molecule has 90 valence electrons. The minimum atomic E-state index is -3.78. The molecule has 0 aliphatic heterocycles. The normalized spacial score (nSPS) is 11.6. The van der Waals surface area contributed by atoms with E-state index in [1.807, 2.05) is 18.2 Å². The summed E-state index contributed by atoms with van der Waals surface area (Å²) in [5.41, 5.74) is 1.29. The Morgan fingerprint density at radius 2 is 1.81 bits per heavy atom. The number of hydrogen-bond donors (Lipinski definition) is 2. The van der Waals surface area contributed by atoms with Gasteiger partial charge in [-0.15, -0.1) is 0 Å². The van der Waals surface area contributed by atoms with E-state index in [9.17, 15) is 4.57 Å². The molecule has 0 saturated heterocycles. The zero-order valence-electron chi connectivity index (χ0n) is 9.08. The molecule has 2 N–H and O–H groups in total. The summed E-state index contributed by atoms with van der Waals surface area (Å²) in [7, 11) is -3.78. The fraction of sp³-hybridized carbons (Fsp3) is 0.455. The second-order valence-corrected chi connectivity index (χ2v) is 6.52. The molecule has 0 amide bonds. The summed E-state index contributed by atoms with van der Waals surface area (Å²) >= 11 is 1.80. The highest BCUT2D eigenvalue weighted by Crippen LogP contribution is 2.35. The standard InChI is InChI=1S/C11H17O3PS/c12-15(13,14)8-4-5-9-16-10-11-6-2-1-3-7-11/h1-3,6-7H,4-5,8-10H2,(H2,12,13,14). The van der Waals surface area contributed by atoms with E-state index in [0.29, 0.717) is 6.42 Å². The lowest BCUT2D eigenvalue weighted by Gasteiger charge is -2.03. The Kier molecular flexibility index (Phi) is 6.14. The summed E-state index contributed by atoms with van der Waals surface area (Å²) in [5.74, 6) is 1.92. The molecule has 0 unspecified atom stereocenters. The van der Waals surface area contributed by atoms with E-state index in [0.717, 1.165) is 17.9 Å². The largest absolute Gasteiger partial charge is 0.325 e. The molecule has 1 aromatic rings. The molecule has 0 bridgehead atoms. The van der Waals surface area contributed by atoms with Gasteiger partial charge in [0.15, 0.2) is 0 Å². The van der Waals surface area contributed by atoms with Crippen LogP contribution in [0.25, 0.3) is 0 Å². The van der Waals surface area contributed by atoms with Crippen molar-refractivity contribution in [3.8, 4) is 0 Å². The Bertz CT molecular complexity index is 336. The van der Waals surface area contributed by atoms with E-state index < -0.39 is 7.60 Å². The second kappa shape index (κ2) is 7.13. The van der Waals surface area contributed by atoms with Crippen molar-refractivity contribution in [3.05, 3.63) is 35.9 Å². The van der Waals surface area contributed by atoms with Gasteiger partial charge in [-0.1, -0.05) is 30.3 Å². The van der Waals surface area contributed by atoms with Crippen LogP contribution in [-0.2, 0) is 10.3 Å². The molecule has 0 heterocycles. The number of hydrogen-bond acceptors (Lipinski definition) is 2. The van der Waals surface area contributed by atoms with Gasteiger partial charge in [-0.3, -0.25) is 4.57 Å². The van der Waals surface area contributed by atoms with Gasteiger partial charge >= 0.3 is 7.60 Å². The molecule has 16 heavy (non-hydrogen) atoms. The Hall–Kier alpha value is -0.280. The smallest absolute Gasteiger partial charge is 0.324 e. The number of thioether (sulfide) groups is 1. The minimum Gasteiger partial charge on any atom is -0.324 e. The molecule has 5 heteroatoms. The molecule has 0 spiro atoms. The second-order valence-electron chi connectivity index (χ2n) is 3.63. The summed E-state index contributed by atoms with van der Waals surface area (Å²) in [4.78, 5) is 17.3. The molecule has 0 atom stereocenters. The van der Waals surface area contributed by atoms with Crippen LogP contribution in [-0.4, -0.2) is 21.7 Å². The molecule has 0 aromatic heterocycles. The van der Waals surface area contributed by atoms with Crippen molar-refractivity contribution in [3.63, 3.8) is 0 Å². The summed E-state index contributed by atoms with van der Waals surface area (Å²) in [5, 5.41) is 0. The molecule has 1 rings (SSSR count). The van der Waals surface area contributed by atoms with Gasteiger partial charge in [0.25, 0.3) is 0 Å². The van der Waals surface area contributed by atoms with Gasteiger partial charge in [-0.25, -0.2) is 0 Å². The Labute approximate surface area is 100 Å². The maximum Gasteiger partial charge on any atom is 0.325 e. The monoisotopic (exact) mass is 260 g/mol. The van der Waals surface area contributed by atoms with Crippen molar-refractivity contribution in [2.45, 2.75) is 18.6 Å². The molecule has 0 aliphatic carbocycles. The first-order valence-electron chi connectivity index (χ1n) is 5.24. The first-order valence-corrected chi connectivity index (χ1v) is 8.19. The average molecular weight is 260 g/mol.